The van der Waals surface area contributed by atoms with Gasteiger partial charge in [0.2, 0.25) is 0 Å². The first-order valence-electron chi connectivity index (χ1n) is 11.6. The first kappa shape index (κ1) is 29.2. The van der Waals surface area contributed by atoms with Crippen LogP contribution < -0.4 is 14.8 Å². The molecule has 0 aliphatic rings. The third-order valence-corrected chi connectivity index (χ3v) is 7.23. The number of benzene rings is 2. The highest BCUT2D eigenvalue weighted by atomic mass is 32.2. The number of ether oxygens (including phenoxy) is 1. The predicted molar refractivity (Wildman–Crippen MR) is 151 cm³/mol. The molecule has 4 aromatic rings. The minimum absolute atomic E-state index is 0.0432. The largest absolute Gasteiger partial charge is 0.497 e. The molecule has 0 atom stereocenters. The number of imidazole rings is 1. The molecule has 204 valence electrons. The van der Waals surface area contributed by atoms with Crippen molar-refractivity contribution in [1.29, 1.82) is 0 Å². The molecular formula is C25H32N6O5S2. The van der Waals surface area contributed by atoms with Gasteiger partial charge >= 0.3 is 0 Å². The molecule has 2 aromatic carbocycles. The highest BCUT2D eigenvalue weighted by Gasteiger charge is 2.23. The molecule has 38 heavy (non-hydrogen) atoms. The Morgan fingerprint density at radius 2 is 1.74 bits per heavy atom. The van der Waals surface area contributed by atoms with Crippen LogP contribution in [-0.4, -0.2) is 65.2 Å². The van der Waals surface area contributed by atoms with E-state index >= 15 is 0 Å². The van der Waals surface area contributed by atoms with Crippen LogP contribution in [0.1, 0.15) is 17.8 Å². The number of anilines is 3. The first-order chi connectivity index (χ1) is 18.3. The topological polar surface area (TPSA) is 151 Å². The molecule has 11 nitrogen and oxygen atoms in total. The van der Waals surface area contributed by atoms with Crippen molar-refractivity contribution >= 4 is 50.1 Å². The minimum Gasteiger partial charge on any atom is -0.497 e. The zero-order valence-corrected chi connectivity index (χ0v) is 23.3. The zero-order valence-electron chi connectivity index (χ0n) is 21.7. The molecule has 0 bridgehead atoms. The molecule has 13 heteroatoms. The van der Waals surface area contributed by atoms with Crippen LogP contribution in [0.5, 0.6) is 5.75 Å². The van der Waals surface area contributed by atoms with Crippen LogP contribution in [-0.2, 0) is 29.2 Å². The molecule has 0 spiro atoms. The number of para-hydroxylation sites is 2. The van der Waals surface area contributed by atoms with Crippen LogP contribution in [0.15, 0.2) is 53.7 Å². The second kappa shape index (κ2) is 13.4. The number of hydrogen-bond acceptors (Lipinski definition) is 10. The summed E-state index contributed by atoms with van der Waals surface area (Å²) in [6.45, 7) is 0.0505. The van der Waals surface area contributed by atoms with Gasteiger partial charge < -0.3 is 24.8 Å². The number of nitrogens with zero attached hydrogens (tertiary/aromatic N) is 4. The van der Waals surface area contributed by atoms with E-state index in [9.17, 15) is 13.5 Å². The van der Waals surface area contributed by atoms with Gasteiger partial charge in [-0.05, 0) is 42.9 Å². The maximum atomic E-state index is 13.3. The Bertz CT molecular complexity index is 1480. The molecule has 0 unspecified atom stereocenters. The van der Waals surface area contributed by atoms with E-state index in [2.05, 4.69) is 25.0 Å². The maximum Gasteiger partial charge on any atom is 0.282 e. The van der Waals surface area contributed by atoms with Gasteiger partial charge in [0.05, 0.1) is 23.9 Å². The van der Waals surface area contributed by atoms with E-state index in [4.69, 9.17) is 9.84 Å². The summed E-state index contributed by atoms with van der Waals surface area (Å²) in [4.78, 5) is 13.5. The Morgan fingerprint density at radius 3 is 2.37 bits per heavy atom. The van der Waals surface area contributed by atoms with Crippen LogP contribution in [0.4, 0.5) is 17.3 Å². The normalized spacial score (nSPS) is 11.1. The molecule has 0 aliphatic heterocycles. The van der Waals surface area contributed by atoms with Gasteiger partial charge in [-0.3, -0.25) is 4.72 Å². The van der Waals surface area contributed by atoms with E-state index < -0.39 is 10.0 Å². The van der Waals surface area contributed by atoms with Gasteiger partial charge in [-0.15, -0.1) is 0 Å². The molecule has 0 fully saturated rings. The fourth-order valence-electron chi connectivity index (χ4n) is 3.62. The van der Waals surface area contributed by atoms with Crippen molar-refractivity contribution in [3.8, 4) is 5.75 Å². The molecule has 0 aliphatic carbocycles. The average Bonchev–Trinajstić information content (AvgIpc) is 3.30. The SMILES string of the molecule is CO.COc1ccc(CCCO)c(Nc2nc3ccccc3nc2NS(=O)(=O)c2cn(C)c(CSC)n2)c1. The number of rotatable bonds is 11. The molecule has 0 saturated carbocycles. The second-order valence-corrected chi connectivity index (χ2v) is 10.5. The van der Waals surface area contributed by atoms with Crippen molar-refractivity contribution in [2.24, 2.45) is 7.05 Å². The number of aryl methyl sites for hydroxylation is 2. The lowest BCUT2D eigenvalue weighted by atomic mass is 10.1. The number of aliphatic hydroxyl groups is 2. The van der Waals surface area contributed by atoms with E-state index in [0.717, 1.165) is 12.7 Å². The Kier molecular flexibility index (Phi) is 10.3. The summed E-state index contributed by atoms with van der Waals surface area (Å²) in [6.07, 6.45) is 4.58. The highest BCUT2D eigenvalue weighted by Crippen LogP contribution is 2.31. The molecule has 0 saturated heterocycles. The van der Waals surface area contributed by atoms with Crippen molar-refractivity contribution in [3.63, 3.8) is 0 Å². The van der Waals surface area contributed by atoms with E-state index in [0.29, 0.717) is 46.9 Å². The number of aromatic nitrogens is 4. The van der Waals surface area contributed by atoms with Crippen LogP contribution in [0, 0.1) is 0 Å². The quantitative estimate of drug-likeness (QED) is 0.215. The maximum absolute atomic E-state index is 13.3. The number of thioether (sulfide) groups is 1. The number of methoxy groups -OCH3 is 1. The van der Waals surface area contributed by atoms with Crippen molar-refractivity contribution < 1.29 is 23.4 Å². The van der Waals surface area contributed by atoms with Gasteiger partial charge in [-0.1, -0.05) is 18.2 Å². The summed E-state index contributed by atoms with van der Waals surface area (Å²) in [5.74, 6) is 2.13. The van der Waals surface area contributed by atoms with Crippen molar-refractivity contribution in [3.05, 3.63) is 60.0 Å². The van der Waals surface area contributed by atoms with Gasteiger partial charge in [-0.25, -0.2) is 15.0 Å². The molecular weight excluding hydrogens is 528 g/mol. The molecule has 0 amide bonds. The van der Waals surface area contributed by atoms with E-state index in [1.54, 1.807) is 48.7 Å². The Hall–Kier alpha value is -3.39. The van der Waals surface area contributed by atoms with Crippen LogP contribution >= 0.6 is 11.8 Å². The number of hydrogen-bond donors (Lipinski definition) is 4. The molecule has 0 radical (unpaired) electrons. The van der Waals surface area contributed by atoms with Crippen molar-refractivity contribution in [2.75, 3.05) is 37.1 Å². The monoisotopic (exact) mass is 560 g/mol. The van der Waals surface area contributed by atoms with Gasteiger partial charge in [-0.2, -0.15) is 20.2 Å². The standard InChI is InChI=1S/C24H28N6O4S2.CH4O/c1-30-14-22(28-21(30)15-35-3)36(32,33)29-24-23(25-18-8-4-5-9-19(18)26-24)27-20-13-17(34-2)11-10-16(20)7-6-12-31;1-2/h4-5,8-11,13-14,31H,6-7,12,15H2,1-3H3,(H,25,27)(H,26,29);2H,1H3. The fraction of sp³-hybridized carbons (Fsp3) is 0.320. The summed E-state index contributed by atoms with van der Waals surface area (Å²) in [7, 11) is 0.285. The summed E-state index contributed by atoms with van der Waals surface area (Å²) in [6, 6.07) is 12.7. The molecule has 2 aromatic heterocycles. The Labute approximate surface area is 226 Å². The van der Waals surface area contributed by atoms with Gasteiger partial charge in [0.25, 0.3) is 10.0 Å². The first-order valence-corrected chi connectivity index (χ1v) is 14.5. The van der Waals surface area contributed by atoms with E-state index in [1.165, 1.54) is 6.20 Å². The summed E-state index contributed by atoms with van der Waals surface area (Å²) in [5, 5.41) is 19.4. The second-order valence-electron chi connectivity index (χ2n) is 8.03. The average molecular weight is 561 g/mol. The minimum atomic E-state index is -4.05. The Morgan fingerprint density at radius 1 is 1.05 bits per heavy atom. The lowest BCUT2D eigenvalue weighted by Crippen LogP contribution is -2.16. The Balaban J connectivity index is 0.00000195. The smallest absolute Gasteiger partial charge is 0.282 e. The van der Waals surface area contributed by atoms with E-state index in [-0.39, 0.29) is 23.3 Å². The third kappa shape index (κ3) is 6.92. The van der Waals surface area contributed by atoms with Crippen molar-refractivity contribution in [2.45, 2.75) is 23.6 Å². The molecule has 4 rings (SSSR count). The lowest BCUT2D eigenvalue weighted by molar-refractivity contribution is 0.288. The lowest BCUT2D eigenvalue weighted by Gasteiger charge is -2.16. The van der Waals surface area contributed by atoms with Crippen molar-refractivity contribution in [1.82, 2.24) is 19.5 Å². The molecule has 4 N–H and O–H groups in total. The van der Waals surface area contributed by atoms with Gasteiger partial charge in [0, 0.05) is 38.7 Å². The third-order valence-electron chi connectivity index (χ3n) is 5.48. The number of fused-ring (bicyclic) bond motifs is 1. The summed E-state index contributed by atoms with van der Waals surface area (Å²) >= 11 is 1.55. The van der Waals surface area contributed by atoms with Crippen LogP contribution in [0.25, 0.3) is 11.0 Å². The van der Waals surface area contributed by atoms with Crippen LogP contribution in [0.3, 0.4) is 0 Å². The zero-order chi connectivity index (χ0) is 27.7. The van der Waals surface area contributed by atoms with E-state index in [1.807, 2.05) is 30.5 Å². The number of aliphatic hydroxyl groups excluding tert-OH is 2. The fourth-order valence-corrected chi connectivity index (χ4v) is 5.17. The summed E-state index contributed by atoms with van der Waals surface area (Å²) in [5.41, 5.74) is 2.73. The number of nitrogens with one attached hydrogen (secondary N) is 2. The number of sulfonamides is 1. The highest BCUT2D eigenvalue weighted by molar-refractivity contribution is 7.97. The van der Waals surface area contributed by atoms with Gasteiger partial charge in [0.1, 0.15) is 11.6 Å². The van der Waals surface area contributed by atoms with Crippen LogP contribution in [0.2, 0.25) is 0 Å². The molecule has 2 heterocycles. The summed E-state index contributed by atoms with van der Waals surface area (Å²) < 4.78 is 36.2. The predicted octanol–water partition coefficient (Wildman–Crippen LogP) is 3.31. The van der Waals surface area contributed by atoms with Gasteiger partial charge in [0.15, 0.2) is 16.7 Å².